The number of nitrogens with zero attached hydrogens (tertiary/aromatic N) is 1. The highest BCUT2D eigenvalue weighted by Crippen LogP contribution is 2.29. The highest BCUT2D eigenvalue weighted by atomic mass is 32.2. The molecule has 1 heterocycles. The Labute approximate surface area is 264 Å². The van der Waals surface area contributed by atoms with Crippen molar-refractivity contribution in [3.8, 4) is 11.5 Å². The molecule has 2 aliphatic rings. The van der Waals surface area contributed by atoms with Crippen molar-refractivity contribution in [2.45, 2.75) is 77.5 Å². The first-order chi connectivity index (χ1) is 20.7. The lowest BCUT2D eigenvalue weighted by Crippen LogP contribution is -2.57. The molecule has 43 heavy (non-hydrogen) atoms. The summed E-state index contributed by atoms with van der Waals surface area (Å²) >= 11 is 3.22. The first-order valence-electron chi connectivity index (χ1n) is 15.3. The number of rotatable bonds is 11. The number of imide groups is 1. The number of para-hydroxylation sites is 1. The molecule has 1 saturated heterocycles. The maximum absolute atomic E-state index is 13.9. The molecule has 3 amide bonds. The summed E-state index contributed by atoms with van der Waals surface area (Å²) in [6, 6.07) is 16.1. The van der Waals surface area contributed by atoms with Gasteiger partial charge in [-0.15, -0.1) is 0 Å². The van der Waals surface area contributed by atoms with Crippen LogP contribution in [0.1, 0.15) is 64.9 Å². The molecule has 234 valence electrons. The second-order valence-electron chi connectivity index (χ2n) is 12.2. The van der Waals surface area contributed by atoms with Crippen LogP contribution in [0.15, 0.2) is 54.6 Å². The smallest absolute Gasteiger partial charge is 0.417 e. The predicted molar refractivity (Wildman–Crippen MR) is 174 cm³/mol. The normalized spacial score (nSPS) is 18.3. The molecular formula is C33H45N3O5S2. The molecule has 0 spiro atoms. The zero-order chi connectivity index (χ0) is 30.7. The fraction of sp³-hybridized carbons (Fsp3) is 0.545. The summed E-state index contributed by atoms with van der Waals surface area (Å²) < 4.78 is 14.8. The van der Waals surface area contributed by atoms with Crippen LogP contribution in [0, 0.1) is 11.8 Å². The lowest BCUT2D eigenvalue weighted by Gasteiger charge is -2.34. The largest absolute Gasteiger partial charge is 0.457 e. The standard InChI is InChI=1S/C33H45N3O5S2/c1-33(2,3)41-32(39)36(31(38)26-18-19-43-35-21-26)29(23-42-22-25-10-6-4-7-11-25)30(37)34-20-24-14-16-28(17-15-24)40-27-12-8-5-9-13-27/h5,8-9,12-17,25-26,29,35H,4,6-7,10-11,18-23H2,1-3H3,(H,34,37)/t26-,29+/m1/s1. The number of ether oxygens (including phenoxy) is 2. The first-order valence-corrected chi connectivity index (χ1v) is 17.4. The third-order valence-corrected chi connectivity index (χ3v) is 9.58. The van der Waals surface area contributed by atoms with E-state index in [4.69, 9.17) is 9.47 Å². The van der Waals surface area contributed by atoms with Gasteiger partial charge in [-0.2, -0.15) is 11.8 Å². The van der Waals surface area contributed by atoms with E-state index in [1.54, 1.807) is 44.5 Å². The summed E-state index contributed by atoms with van der Waals surface area (Å²) in [5, 5.41) is 3.00. The van der Waals surface area contributed by atoms with Gasteiger partial charge >= 0.3 is 6.09 Å². The number of hydrogen-bond acceptors (Lipinski definition) is 8. The first kappa shape index (κ1) is 33.2. The second-order valence-corrected chi connectivity index (χ2v) is 14.3. The van der Waals surface area contributed by atoms with Crippen LogP contribution in [-0.4, -0.2) is 58.3 Å². The molecule has 0 aromatic heterocycles. The third kappa shape index (κ3) is 10.8. The molecule has 0 radical (unpaired) electrons. The van der Waals surface area contributed by atoms with Crippen molar-refractivity contribution >= 4 is 41.6 Å². The Bertz CT molecular complexity index is 1180. The predicted octanol–water partition coefficient (Wildman–Crippen LogP) is 6.80. The van der Waals surface area contributed by atoms with E-state index in [2.05, 4.69) is 10.0 Å². The summed E-state index contributed by atoms with van der Waals surface area (Å²) in [4.78, 5) is 42.4. The van der Waals surface area contributed by atoms with Gasteiger partial charge in [0.2, 0.25) is 11.8 Å². The number of hydrogen-bond donors (Lipinski definition) is 2. The van der Waals surface area contributed by atoms with E-state index in [1.165, 1.54) is 32.1 Å². The lowest BCUT2D eigenvalue weighted by atomic mass is 9.91. The van der Waals surface area contributed by atoms with E-state index < -0.39 is 23.7 Å². The molecule has 8 nitrogen and oxygen atoms in total. The Hall–Kier alpha value is -2.69. The molecule has 2 aromatic rings. The minimum absolute atomic E-state index is 0.256. The molecule has 2 aromatic carbocycles. The van der Waals surface area contributed by atoms with Crippen molar-refractivity contribution in [1.82, 2.24) is 14.9 Å². The van der Waals surface area contributed by atoms with E-state index in [0.29, 0.717) is 30.4 Å². The highest BCUT2D eigenvalue weighted by Gasteiger charge is 2.41. The molecular weight excluding hydrogens is 583 g/mol. The van der Waals surface area contributed by atoms with Gasteiger partial charge in [0.1, 0.15) is 23.1 Å². The topological polar surface area (TPSA) is 97.0 Å². The average molecular weight is 628 g/mol. The van der Waals surface area contributed by atoms with Gasteiger partial charge in [0.15, 0.2) is 0 Å². The van der Waals surface area contributed by atoms with Gasteiger partial charge in [-0.1, -0.05) is 61.5 Å². The van der Waals surface area contributed by atoms with Gasteiger partial charge in [0.25, 0.3) is 0 Å². The van der Waals surface area contributed by atoms with Crippen LogP contribution < -0.4 is 14.8 Å². The Morgan fingerprint density at radius 3 is 2.35 bits per heavy atom. The monoisotopic (exact) mass is 627 g/mol. The van der Waals surface area contributed by atoms with E-state index in [9.17, 15) is 14.4 Å². The van der Waals surface area contributed by atoms with E-state index in [0.717, 1.165) is 27.7 Å². The molecule has 2 atom stereocenters. The van der Waals surface area contributed by atoms with Crippen LogP contribution in [0.5, 0.6) is 11.5 Å². The quantitative estimate of drug-likeness (QED) is 0.263. The van der Waals surface area contributed by atoms with Crippen molar-refractivity contribution in [3.63, 3.8) is 0 Å². The van der Waals surface area contributed by atoms with Gasteiger partial charge in [-0.3, -0.25) is 14.3 Å². The third-order valence-electron chi connectivity index (χ3n) is 7.51. The fourth-order valence-corrected chi connectivity index (χ4v) is 7.39. The Kier molecular flexibility index (Phi) is 12.7. The molecule has 0 bridgehead atoms. The van der Waals surface area contributed by atoms with Gasteiger partial charge in [-0.25, -0.2) is 9.69 Å². The Balaban J connectivity index is 1.48. The molecule has 2 fully saturated rings. The molecule has 2 N–H and O–H groups in total. The van der Waals surface area contributed by atoms with E-state index in [1.807, 2.05) is 54.6 Å². The maximum Gasteiger partial charge on any atom is 0.417 e. The van der Waals surface area contributed by atoms with Crippen molar-refractivity contribution in [3.05, 3.63) is 60.2 Å². The minimum Gasteiger partial charge on any atom is -0.457 e. The van der Waals surface area contributed by atoms with Crippen LogP contribution in [0.4, 0.5) is 4.79 Å². The average Bonchev–Trinajstić information content (AvgIpc) is 3.00. The van der Waals surface area contributed by atoms with E-state index >= 15 is 0 Å². The summed E-state index contributed by atoms with van der Waals surface area (Å²) in [6.07, 6.45) is 5.99. The Morgan fingerprint density at radius 1 is 1.00 bits per heavy atom. The molecule has 1 saturated carbocycles. The number of nitrogens with one attached hydrogen (secondary N) is 2. The molecule has 4 rings (SSSR count). The van der Waals surface area contributed by atoms with Gasteiger partial charge in [0, 0.05) is 24.6 Å². The summed E-state index contributed by atoms with van der Waals surface area (Å²) in [6.45, 7) is 6.01. The van der Waals surface area contributed by atoms with Gasteiger partial charge in [0.05, 0.1) is 5.92 Å². The van der Waals surface area contributed by atoms with Crippen molar-refractivity contribution in [1.29, 1.82) is 0 Å². The van der Waals surface area contributed by atoms with Crippen LogP contribution in [-0.2, 0) is 20.9 Å². The van der Waals surface area contributed by atoms with Crippen molar-refractivity contribution in [2.75, 3.05) is 23.8 Å². The zero-order valence-electron chi connectivity index (χ0n) is 25.5. The summed E-state index contributed by atoms with van der Waals surface area (Å²) in [5.74, 6) is 2.91. The minimum atomic E-state index is -0.980. The number of carbonyl (C=O) groups is 3. The van der Waals surface area contributed by atoms with Crippen LogP contribution in [0.3, 0.4) is 0 Å². The summed E-state index contributed by atoms with van der Waals surface area (Å²) in [7, 11) is 0. The van der Waals surface area contributed by atoms with Crippen LogP contribution in [0.2, 0.25) is 0 Å². The Morgan fingerprint density at radius 2 is 1.70 bits per heavy atom. The molecule has 1 aliphatic carbocycles. The molecule has 10 heteroatoms. The number of thioether (sulfide) groups is 1. The highest BCUT2D eigenvalue weighted by molar-refractivity contribution is 7.99. The molecule has 1 aliphatic heterocycles. The zero-order valence-corrected chi connectivity index (χ0v) is 27.1. The van der Waals surface area contributed by atoms with Gasteiger partial charge < -0.3 is 14.8 Å². The fourth-order valence-electron chi connectivity index (χ4n) is 5.20. The van der Waals surface area contributed by atoms with Crippen LogP contribution >= 0.6 is 23.7 Å². The number of carbonyl (C=O) groups excluding carboxylic acids is 3. The maximum atomic E-state index is 13.9. The van der Waals surface area contributed by atoms with Gasteiger partial charge in [-0.05, 0) is 81.5 Å². The van der Waals surface area contributed by atoms with E-state index in [-0.39, 0.29) is 18.4 Å². The number of benzene rings is 2. The SMILES string of the molecule is CC(C)(C)OC(=O)N(C(=O)[C@@H]1CCSNC1)[C@@H](CSCC1CCCCC1)C(=O)NCc1ccc(Oc2ccccc2)cc1. The number of amides is 3. The van der Waals surface area contributed by atoms with Crippen molar-refractivity contribution in [2.24, 2.45) is 11.8 Å². The van der Waals surface area contributed by atoms with Crippen molar-refractivity contribution < 1.29 is 23.9 Å². The second kappa shape index (κ2) is 16.4. The van der Waals surface area contributed by atoms with Crippen LogP contribution in [0.25, 0.3) is 0 Å². The summed E-state index contributed by atoms with van der Waals surface area (Å²) in [5.41, 5.74) is 0.0712. The lowest BCUT2D eigenvalue weighted by molar-refractivity contribution is -0.141. The molecule has 0 unspecified atom stereocenters.